The SMILES string of the molecule is C=c1nc2[nH]c(=O)c(=Cc3ccc(SC)s3)c-2c[nH]1. The van der Waals surface area contributed by atoms with Crippen LogP contribution in [0.25, 0.3) is 24.0 Å². The Morgan fingerprint density at radius 2 is 2.32 bits per heavy atom. The Balaban J connectivity index is 2.23. The van der Waals surface area contributed by atoms with E-state index in [0.29, 0.717) is 16.5 Å². The predicted octanol–water partition coefficient (Wildman–Crippen LogP) is 1.23. The van der Waals surface area contributed by atoms with Crippen molar-refractivity contribution in [3.05, 3.63) is 44.3 Å². The van der Waals surface area contributed by atoms with E-state index in [2.05, 4.69) is 27.6 Å². The van der Waals surface area contributed by atoms with Gasteiger partial charge in [0.15, 0.2) is 0 Å². The maximum absolute atomic E-state index is 12.0. The number of fused-ring (bicyclic) bond motifs is 1. The molecule has 1 aromatic rings. The minimum atomic E-state index is -0.124. The molecule has 0 amide bonds. The Kier molecular flexibility index (Phi) is 3.04. The van der Waals surface area contributed by atoms with Crippen LogP contribution in [-0.4, -0.2) is 21.2 Å². The lowest BCUT2D eigenvalue weighted by Crippen LogP contribution is -2.21. The number of thioether (sulfide) groups is 1. The van der Waals surface area contributed by atoms with Crippen molar-refractivity contribution < 1.29 is 0 Å². The third-order valence-corrected chi connectivity index (χ3v) is 4.86. The normalized spacial score (nSPS) is 12.4. The van der Waals surface area contributed by atoms with Crippen LogP contribution in [-0.2, 0) is 0 Å². The van der Waals surface area contributed by atoms with Crippen molar-refractivity contribution in [1.82, 2.24) is 15.0 Å². The van der Waals surface area contributed by atoms with Crippen LogP contribution >= 0.6 is 23.1 Å². The number of nitrogens with one attached hydrogen (secondary N) is 2. The molecule has 0 radical (unpaired) electrons. The number of aromatic nitrogens is 3. The molecular formula is C13H11N3OS2. The van der Waals surface area contributed by atoms with Crippen molar-refractivity contribution in [1.29, 1.82) is 0 Å². The largest absolute Gasteiger partial charge is 0.346 e. The molecule has 2 aliphatic rings. The average molecular weight is 289 g/mol. The third kappa shape index (κ3) is 2.24. The first-order valence-electron chi connectivity index (χ1n) is 5.59. The summed E-state index contributed by atoms with van der Waals surface area (Å²) in [6.07, 6.45) is 5.69. The molecule has 0 aromatic carbocycles. The van der Waals surface area contributed by atoms with Gasteiger partial charge in [-0.15, -0.1) is 23.1 Å². The van der Waals surface area contributed by atoms with E-state index in [1.54, 1.807) is 29.3 Å². The molecular weight excluding hydrogens is 278 g/mol. The summed E-state index contributed by atoms with van der Waals surface area (Å²) in [4.78, 5) is 22.9. The van der Waals surface area contributed by atoms with E-state index < -0.39 is 0 Å². The summed E-state index contributed by atoms with van der Waals surface area (Å²) in [5, 5.41) is 0.633. The molecule has 0 aliphatic carbocycles. The Morgan fingerprint density at radius 3 is 3.05 bits per heavy atom. The van der Waals surface area contributed by atoms with Gasteiger partial charge in [-0.2, -0.15) is 0 Å². The highest BCUT2D eigenvalue weighted by Crippen LogP contribution is 2.25. The molecule has 0 fully saturated rings. The van der Waals surface area contributed by atoms with Crippen molar-refractivity contribution in [3.8, 4) is 11.4 Å². The zero-order valence-corrected chi connectivity index (χ0v) is 11.8. The molecule has 3 rings (SSSR count). The maximum atomic E-state index is 12.0. The molecule has 1 aromatic heterocycles. The second kappa shape index (κ2) is 4.71. The minimum Gasteiger partial charge on any atom is -0.346 e. The van der Waals surface area contributed by atoms with E-state index in [0.717, 1.165) is 10.4 Å². The van der Waals surface area contributed by atoms with Crippen molar-refractivity contribution in [2.24, 2.45) is 0 Å². The van der Waals surface area contributed by atoms with Crippen LogP contribution in [0.5, 0.6) is 0 Å². The van der Waals surface area contributed by atoms with E-state index >= 15 is 0 Å². The van der Waals surface area contributed by atoms with E-state index in [1.165, 1.54) is 4.21 Å². The van der Waals surface area contributed by atoms with Gasteiger partial charge in [0.25, 0.3) is 5.56 Å². The molecule has 0 unspecified atom stereocenters. The first-order valence-corrected chi connectivity index (χ1v) is 7.63. The number of aromatic amines is 2. The second-order valence-electron chi connectivity index (χ2n) is 3.98. The summed E-state index contributed by atoms with van der Waals surface area (Å²) >= 11 is 3.36. The van der Waals surface area contributed by atoms with Crippen LogP contribution in [0.15, 0.2) is 27.3 Å². The fourth-order valence-electron chi connectivity index (χ4n) is 1.86. The molecule has 3 heterocycles. The zero-order chi connectivity index (χ0) is 13.4. The monoisotopic (exact) mass is 289 g/mol. The van der Waals surface area contributed by atoms with Crippen LogP contribution in [0.3, 0.4) is 0 Å². The first-order chi connectivity index (χ1) is 9.17. The van der Waals surface area contributed by atoms with Gasteiger partial charge >= 0.3 is 0 Å². The van der Waals surface area contributed by atoms with Gasteiger partial charge in [0.1, 0.15) is 11.3 Å². The topological polar surface area (TPSA) is 61.5 Å². The quantitative estimate of drug-likeness (QED) is 0.698. The van der Waals surface area contributed by atoms with Crippen LogP contribution in [0.2, 0.25) is 0 Å². The highest BCUT2D eigenvalue weighted by atomic mass is 32.2. The predicted molar refractivity (Wildman–Crippen MR) is 80.3 cm³/mol. The molecule has 4 nitrogen and oxygen atoms in total. The highest BCUT2D eigenvalue weighted by Gasteiger charge is 2.10. The van der Waals surface area contributed by atoms with Crippen molar-refractivity contribution in [2.75, 3.05) is 6.26 Å². The van der Waals surface area contributed by atoms with Gasteiger partial charge in [-0.3, -0.25) is 4.79 Å². The zero-order valence-electron chi connectivity index (χ0n) is 10.2. The molecule has 2 N–H and O–H groups in total. The summed E-state index contributed by atoms with van der Waals surface area (Å²) in [7, 11) is 0. The molecule has 0 saturated carbocycles. The second-order valence-corrected chi connectivity index (χ2v) is 6.20. The smallest absolute Gasteiger partial charge is 0.257 e. The number of H-pyrrole nitrogens is 2. The molecule has 19 heavy (non-hydrogen) atoms. The lowest BCUT2D eigenvalue weighted by Gasteiger charge is -1.94. The lowest BCUT2D eigenvalue weighted by atomic mass is 10.2. The molecule has 0 atom stereocenters. The van der Waals surface area contributed by atoms with Gasteiger partial charge in [-0.05, 0) is 24.5 Å². The molecule has 2 aliphatic heterocycles. The van der Waals surface area contributed by atoms with Crippen LogP contribution in [0.4, 0.5) is 0 Å². The molecule has 6 heteroatoms. The van der Waals surface area contributed by atoms with E-state index in [1.807, 2.05) is 18.4 Å². The number of hydrogen-bond acceptors (Lipinski definition) is 4. The first kappa shape index (κ1) is 12.3. The average Bonchev–Trinajstić information content (AvgIpc) is 2.95. The van der Waals surface area contributed by atoms with E-state index in [9.17, 15) is 4.79 Å². The number of nitrogens with zero attached hydrogens (tertiary/aromatic N) is 1. The van der Waals surface area contributed by atoms with Crippen LogP contribution < -0.4 is 16.3 Å². The van der Waals surface area contributed by atoms with Crippen LogP contribution in [0, 0.1) is 0 Å². The minimum absolute atomic E-state index is 0.124. The standard InChI is InChI=1S/C13H11N3OS2/c1-7-14-6-10-9(13(17)16-12(10)15-7)5-8-3-4-11(18-2)19-8/h3-6,14H,1H2,2H3,(H,15,16,17). The van der Waals surface area contributed by atoms with Gasteiger partial charge in [-0.1, -0.05) is 6.58 Å². The summed E-state index contributed by atoms with van der Waals surface area (Å²) in [5.41, 5.74) is 1.19. The number of thiophene rings is 1. The Morgan fingerprint density at radius 1 is 1.47 bits per heavy atom. The van der Waals surface area contributed by atoms with Gasteiger partial charge in [0.05, 0.1) is 9.43 Å². The van der Waals surface area contributed by atoms with Gasteiger partial charge in [0, 0.05) is 16.6 Å². The van der Waals surface area contributed by atoms with E-state index in [-0.39, 0.29) is 5.56 Å². The van der Waals surface area contributed by atoms with Crippen molar-refractivity contribution in [2.45, 2.75) is 4.21 Å². The molecule has 0 bridgehead atoms. The number of rotatable bonds is 2. The molecule has 96 valence electrons. The maximum Gasteiger partial charge on any atom is 0.257 e. The van der Waals surface area contributed by atoms with Crippen molar-refractivity contribution >= 4 is 35.8 Å². The lowest BCUT2D eigenvalue weighted by molar-refractivity contribution is 1.07. The fraction of sp³-hybridized carbons (Fsp3) is 0.0769. The van der Waals surface area contributed by atoms with Gasteiger partial charge < -0.3 is 9.97 Å². The summed E-state index contributed by atoms with van der Waals surface area (Å²) in [5.74, 6) is 0.571. The highest BCUT2D eigenvalue weighted by molar-refractivity contribution is 8.00. The summed E-state index contributed by atoms with van der Waals surface area (Å²) in [6, 6.07) is 4.07. The third-order valence-electron chi connectivity index (χ3n) is 2.74. The molecule has 0 spiro atoms. The Labute approximate surface area is 117 Å². The number of hydrogen-bond donors (Lipinski definition) is 2. The molecule has 0 saturated heterocycles. The van der Waals surface area contributed by atoms with Gasteiger partial charge in [-0.25, -0.2) is 4.98 Å². The summed E-state index contributed by atoms with van der Waals surface area (Å²) in [6.45, 7) is 3.71. The van der Waals surface area contributed by atoms with Gasteiger partial charge in [0.2, 0.25) is 0 Å². The summed E-state index contributed by atoms with van der Waals surface area (Å²) < 4.78 is 1.23. The Hall–Kier alpha value is -1.79. The Bertz CT molecular complexity index is 859. The van der Waals surface area contributed by atoms with Crippen LogP contribution in [0.1, 0.15) is 4.88 Å². The van der Waals surface area contributed by atoms with Crippen molar-refractivity contribution in [3.63, 3.8) is 0 Å². The fourth-order valence-corrected chi connectivity index (χ4v) is 3.36. The van der Waals surface area contributed by atoms with E-state index in [4.69, 9.17) is 0 Å².